The van der Waals surface area contributed by atoms with Crippen molar-refractivity contribution in [3.05, 3.63) is 63.6 Å². The molecule has 0 unspecified atom stereocenters. The van der Waals surface area contributed by atoms with Crippen molar-refractivity contribution in [1.82, 2.24) is 10.0 Å². The number of hydrogen-bond donors (Lipinski definition) is 0. The van der Waals surface area contributed by atoms with Crippen LogP contribution in [0.2, 0.25) is 10.0 Å². The van der Waals surface area contributed by atoms with E-state index < -0.39 is 41.9 Å². The number of hydrazine groups is 1. The Bertz CT molecular complexity index is 1090. The van der Waals surface area contributed by atoms with Crippen molar-refractivity contribution in [3.63, 3.8) is 0 Å². The number of hydrogen-bond acceptors (Lipinski definition) is 5. The summed E-state index contributed by atoms with van der Waals surface area (Å²) in [5.41, 5.74) is 0.353. The van der Waals surface area contributed by atoms with E-state index in [-0.39, 0.29) is 10.6 Å². The van der Waals surface area contributed by atoms with E-state index in [4.69, 9.17) is 27.9 Å². The van der Waals surface area contributed by atoms with Crippen LogP contribution in [0.4, 0.5) is 0 Å². The number of methoxy groups -OCH3 is 1. The Kier molecular flexibility index (Phi) is 6.72. The van der Waals surface area contributed by atoms with Gasteiger partial charge in [-0.2, -0.15) is 5.01 Å². The van der Waals surface area contributed by atoms with E-state index in [1.54, 1.807) is 24.3 Å². The highest BCUT2D eigenvalue weighted by molar-refractivity contribution is 6.36. The molecule has 3 amide bonds. The van der Waals surface area contributed by atoms with Gasteiger partial charge in [0.1, 0.15) is 12.3 Å². The van der Waals surface area contributed by atoms with Gasteiger partial charge < -0.3 is 4.74 Å². The lowest BCUT2D eigenvalue weighted by atomic mass is 9.81. The summed E-state index contributed by atoms with van der Waals surface area (Å²) in [6, 6.07) is 10.7. The first-order valence-corrected chi connectivity index (χ1v) is 11.4. The fourth-order valence-corrected chi connectivity index (χ4v) is 4.91. The van der Waals surface area contributed by atoms with Crippen LogP contribution in [0.3, 0.4) is 0 Å². The highest BCUT2D eigenvalue weighted by Gasteiger charge is 2.52. The Hall–Kier alpha value is -2.90. The maximum Gasteiger partial charge on any atom is 0.274 e. The van der Waals surface area contributed by atoms with E-state index in [2.05, 4.69) is 0 Å². The van der Waals surface area contributed by atoms with Gasteiger partial charge in [0.05, 0.1) is 29.5 Å². The molecule has 1 saturated carbocycles. The fraction of sp³-hybridized carbons (Fsp3) is 0.333. The minimum Gasteiger partial charge on any atom is -0.497 e. The van der Waals surface area contributed by atoms with Crippen LogP contribution in [0.25, 0.3) is 0 Å². The van der Waals surface area contributed by atoms with Crippen LogP contribution in [0.5, 0.6) is 5.75 Å². The molecule has 0 N–H and O–H groups in total. The molecule has 2 aromatic carbocycles. The van der Waals surface area contributed by atoms with Crippen molar-refractivity contribution in [3.8, 4) is 5.75 Å². The van der Waals surface area contributed by atoms with Crippen molar-refractivity contribution in [2.75, 3.05) is 13.7 Å². The smallest absolute Gasteiger partial charge is 0.274 e. The number of benzene rings is 2. The normalized spacial score (nSPS) is 19.9. The molecule has 9 heteroatoms. The molecule has 2 fully saturated rings. The largest absolute Gasteiger partial charge is 0.497 e. The predicted molar refractivity (Wildman–Crippen MR) is 122 cm³/mol. The molecule has 2 atom stereocenters. The van der Waals surface area contributed by atoms with E-state index >= 15 is 0 Å². The van der Waals surface area contributed by atoms with Crippen LogP contribution in [0.15, 0.2) is 42.5 Å². The van der Waals surface area contributed by atoms with Gasteiger partial charge in [0.25, 0.3) is 17.7 Å². The van der Waals surface area contributed by atoms with E-state index in [1.807, 2.05) is 0 Å². The summed E-state index contributed by atoms with van der Waals surface area (Å²) in [5.74, 6) is -2.44. The third-order valence-corrected chi connectivity index (χ3v) is 6.71. The lowest BCUT2D eigenvalue weighted by Crippen LogP contribution is -2.52. The van der Waals surface area contributed by atoms with Gasteiger partial charge in [-0.15, -0.1) is 0 Å². The Morgan fingerprint density at radius 2 is 1.61 bits per heavy atom. The minimum atomic E-state index is -0.723. The number of halogens is 2. The number of fused-ring (bicyclic) bond motifs is 1. The van der Waals surface area contributed by atoms with Crippen molar-refractivity contribution >= 4 is 46.7 Å². The summed E-state index contributed by atoms with van der Waals surface area (Å²) < 4.78 is 5.11. The zero-order valence-electron chi connectivity index (χ0n) is 17.9. The van der Waals surface area contributed by atoms with Gasteiger partial charge in [-0.1, -0.05) is 36.0 Å². The zero-order chi connectivity index (χ0) is 23.7. The van der Waals surface area contributed by atoms with Gasteiger partial charge >= 0.3 is 0 Å². The molecule has 2 aliphatic rings. The van der Waals surface area contributed by atoms with Crippen molar-refractivity contribution in [1.29, 1.82) is 0 Å². The summed E-state index contributed by atoms with van der Waals surface area (Å²) in [7, 11) is 1.51. The first-order valence-electron chi connectivity index (χ1n) is 10.6. The van der Waals surface area contributed by atoms with Crippen molar-refractivity contribution < 1.29 is 23.9 Å². The molecule has 33 heavy (non-hydrogen) atoms. The highest BCUT2D eigenvalue weighted by atomic mass is 35.5. The van der Waals surface area contributed by atoms with Crippen LogP contribution in [-0.2, 0) is 9.59 Å². The van der Waals surface area contributed by atoms with Crippen LogP contribution in [-0.4, -0.2) is 47.2 Å². The SMILES string of the molecule is COc1ccc(C(=O)CN(C(=O)c2ccc(Cl)cc2Cl)N2C(=O)[C@H]3CCCC[C@@H]3C2=O)cc1. The van der Waals surface area contributed by atoms with Crippen LogP contribution >= 0.6 is 23.2 Å². The number of amides is 3. The van der Waals surface area contributed by atoms with Gasteiger partial charge in [-0.25, -0.2) is 5.01 Å². The third kappa shape index (κ3) is 4.48. The quantitative estimate of drug-likeness (QED) is 0.443. The molecule has 0 radical (unpaired) electrons. The van der Waals surface area contributed by atoms with Crippen LogP contribution in [0, 0.1) is 11.8 Å². The molecule has 2 aromatic rings. The molecule has 172 valence electrons. The summed E-state index contributed by atoms with van der Waals surface area (Å²) in [6.07, 6.45) is 2.86. The lowest BCUT2D eigenvalue weighted by molar-refractivity contribution is -0.154. The lowest BCUT2D eigenvalue weighted by Gasteiger charge is -2.30. The molecular weight excluding hydrogens is 467 g/mol. The Balaban J connectivity index is 1.70. The fourth-order valence-electron chi connectivity index (χ4n) is 4.42. The molecule has 0 aromatic heterocycles. The molecule has 0 bridgehead atoms. The van der Waals surface area contributed by atoms with E-state index in [0.717, 1.165) is 22.9 Å². The third-order valence-electron chi connectivity index (χ3n) is 6.16. The first kappa shape index (κ1) is 23.3. The average molecular weight is 489 g/mol. The van der Waals surface area contributed by atoms with Gasteiger partial charge in [0.15, 0.2) is 5.78 Å². The predicted octanol–water partition coefficient (Wildman–Crippen LogP) is 4.42. The van der Waals surface area contributed by atoms with Crippen LogP contribution in [0.1, 0.15) is 46.4 Å². The summed E-state index contributed by atoms with van der Waals surface area (Å²) in [4.78, 5) is 53.0. The summed E-state index contributed by atoms with van der Waals surface area (Å²) in [5, 5.41) is 2.17. The molecular formula is C24H22Cl2N2O5. The molecule has 1 aliphatic heterocycles. The number of carbonyl (C=O) groups is 4. The number of carbonyl (C=O) groups excluding carboxylic acids is 4. The maximum atomic E-state index is 13.5. The standard InChI is InChI=1S/C24H22Cl2N2O5/c1-33-16-9-6-14(7-10-16)21(29)13-27(22(30)19-11-8-15(25)12-20(19)26)28-23(31)17-4-2-3-5-18(17)24(28)32/h6-12,17-18H,2-5,13H2,1H3/t17-,18-/m0/s1. The second kappa shape index (κ2) is 9.53. The van der Waals surface area contributed by atoms with Crippen molar-refractivity contribution in [2.24, 2.45) is 11.8 Å². The number of ether oxygens (including phenoxy) is 1. The Labute approximate surface area is 201 Å². The minimum absolute atomic E-state index is 0.0408. The summed E-state index contributed by atoms with van der Waals surface area (Å²) >= 11 is 12.2. The Morgan fingerprint density at radius 3 is 2.15 bits per heavy atom. The Morgan fingerprint density at radius 1 is 1.00 bits per heavy atom. The van der Waals surface area contributed by atoms with Gasteiger partial charge in [-0.3, -0.25) is 19.2 Å². The number of Topliss-reactive ketones (excluding diaryl/α,β-unsaturated/α-hetero) is 1. The molecule has 7 nitrogen and oxygen atoms in total. The second-order valence-electron chi connectivity index (χ2n) is 8.12. The number of rotatable bonds is 6. The van der Waals surface area contributed by atoms with Crippen LogP contribution < -0.4 is 4.74 Å². The van der Waals surface area contributed by atoms with Gasteiger partial charge in [0, 0.05) is 10.6 Å². The average Bonchev–Trinajstić information content (AvgIpc) is 3.07. The number of ketones is 1. The van der Waals surface area contributed by atoms with E-state index in [1.165, 1.54) is 25.3 Å². The van der Waals surface area contributed by atoms with Gasteiger partial charge in [0.2, 0.25) is 0 Å². The molecule has 0 spiro atoms. The van der Waals surface area contributed by atoms with Crippen molar-refractivity contribution in [2.45, 2.75) is 25.7 Å². The molecule has 1 heterocycles. The van der Waals surface area contributed by atoms with E-state index in [9.17, 15) is 19.2 Å². The monoisotopic (exact) mass is 488 g/mol. The molecule has 1 saturated heterocycles. The summed E-state index contributed by atoms with van der Waals surface area (Å²) in [6.45, 7) is -0.499. The number of imide groups is 1. The topological polar surface area (TPSA) is 84.0 Å². The maximum absolute atomic E-state index is 13.5. The second-order valence-corrected chi connectivity index (χ2v) is 8.97. The first-order chi connectivity index (χ1) is 15.8. The zero-order valence-corrected chi connectivity index (χ0v) is 19.4. The molecule has 4 rings (SSSR count). The molecule has 1 aliphatic carbocycles. The van der Waals surface area contributed by atoms with E-state index in [0.29, 0.717) is 29.2 Å². The van der Waals surface area contributed by atoms with Gasteiger partial charge in [-0.05, 0) is 55.3 Å². The number of nitrogens with zero attached hydrogens (tertiary/aromatic N) is 2. The highest BCUT2D eigenvalue weighted by Crippen LogP contribution is 2.39.